The summed E-state index contributed by atoms with van der Waals surface area (Å²) in [6.07, 6.45) is 4.35. The predicted octanol–water partition coefficient (Wildman–Crippen LogP) is 2.29. The fourth-order valence-electron chi connectivity index (χ4n) is 2.19. The molecule has 0 unspecified atom stereocenters. The van der Waals surface area contributed by atoms with E-state index in [4.69, 9.17) is 5.26 Å². The van der Waals surface area contributed by atoms with Gasteiger partial charge >= 0.3 is 0 Å². The van der Waals surface area contributed by atoms with Crippen LogP contribution in [0.4, 0.5) is 0 Å². The number of hydrogen-bond acceptors (Lipinski definition) is 2. The highest BCUT2D eigenvalue weighted by atomic mass is 15.1. The lowest BCUT2D eigenvalue weighted by Crippen LogP contribution is -2.11. The first-order chi connectivity index (χ1) is 7.22. The summed E-state index contributed by atoms with van der Waals surface area (Å²) in [4.78, 5) is 4.60. The molecule has 0 atom stereocenters. The molecule has 3 heteroatoms. The smallest absolute Gasteiger partial charge is 0.143 e. The lowest BCUT2D eigenvalue weighted by molar-refractivity contribution is 0.519. The van der Waals surface area contributed by atoms with E-state index in [1.165, 1.54) is 12.8 Å². The van der Waals surface area contributed by atoms with Crippen LogP contribution in [0.5, 0.6) is 0 Å². The van der Waals surface area contributed by atoms with Crippen molar-refractivity contribution in [1.29, 1.82) is 5.26 Å². The highest BCUT2D eigenvalue weighted by Crippen LogP contribution is 2.21. The molecule has 1 aliphatic heterocycles. The number of aromatic nitrogens is 2. The van der Waals surface area contributed by atoms with Crippen molar-refractivity contribution in [3.8, 4) is 6.07 Å². The van der Waals surface area contributed by atoms with E-state index in [0.717, 1.165) is 36.6 Å². The van der Waals surface area contributed by atoms with Crippen LogP contribution in [-0.2, 0) is 19.4 Å². The number of fused-ring (bicyclic) bond motifs is 1. The molecule has 1 aromatic rings. The second-order valence-corrected chi connectivity index (χ2v) is 4.64. The van der Waals surface area contributed by atoms with Crippen LogP contribution in [0, 0.1) is 17.2 Å². The molecule has 0 radical (unpaired) electrons. The molecular formula is C12H17N3. The van der Waals surface area contributed by atoms with Gasteiger partial charge in [-0.15, -0.1) is 0 Å². The molecule has 2 rings (SSSR count). The van der Waals surface area contributed by atoms with Gasteiger partial charge in [0, 0.05) is 13.0 Å². The summed E-state index contributed by atoms with van der Waals surface area (Å²) in [5.41, 5.74) is 1.81. The SMILES string of the molecule is CC(C)Cc1nc2n(c1C#N)CCCC2. The number of hydrogen-bond donors (Lipinski definition) is 0. The van der Waals surface area contributed by atoms with Crippen LogP contribution >= 0.6 is 0 Å². The van der Waals surface area contributed by atoms with Crippen LogP contribution in [0.15, 0.2) is 0 Å². The third-order valence-electron chi connectivity index (χ3n) is 2.86. The minimum Gasteiger partial charge on any atom is -0.320 e. The van der Waals surface area contributed by atoms with Gasteiger partial charge in [-0.1, -0.05) is 13.8 Å². The molecule has 1 aliphatic rings. The second-order valence-electron chi connectivity index (χ2n) is 4.64. The second kappa shape index (κ2) is 4.06. The largest absolute Gasteiger partial charge is 0.320 e. The van der Waals surface area contributed by atoms with Crippen molar-refractivity contribution in [2.45, 2.75) is 46.1 Å². The lowest BCUT2D eigenvalue weighted by atomic mass is 10.1. The average Bonchev–Trinajstić information content (AvgIpc) is 2.53. The van der Waals surface area contributed by atoms with E-state index < -0.39 is 0 Å². The molecule has 0 N–H and O–H groups in total. The Bertz CT molecular complexity index is 396. The Morgan fingerprint density at radius 1 is 1.47 bits per heavy atom. The van der Waals surface area contributed by atoms with Crippen LogP contribution in [0.2, 0.25) is 0 Å². The van der Waals surface area contributed by atoms with E-state index in [-0.39, 0.29) is 0 Å². The van der Waals surface area contributed by atoms with Crippen molar-refractivity contribution in [3.05, 3.63) is 17.2 Å². The van der Waals surface area contributed by atoms with Gasteiger partial charge in [-0.05, 0) is 25.2 Å². The molecule has 0 aliphatic carbocycles. The van der Waals surface area contributed by atoms with Gasteiger partial charge in [0.05, 0.1) is 5.69 Å². The van der Waals surface area contributed by atoms with Gasteiger partial charge in [0.25, 0.3) is 0 Å². The Morgan fingerprint density at radius 2 is 2.27 bits per heavy atom. The zero-order chi connectivity index (χ0) is 10.8. The van der Waals surface area contributed by atoms with E-state index in [1.54, 1.807) is 0 Å². The number of imidazole rings is 1. The molecule has 0 saturated heterocycles. The van der Waals surface area contributed by atoms with Crippen molar-refractivity contribution in [1.82, 2.24) is 9.55 Å². The molecule has 1 aromatic heterocycles. The molecule has 0 bridgehead atoms. The van der Waals surface area contributed by atoms with E-state index >= 15 is 0 Å². The monoisotopic (exact) mass is 203 g/mol. The molecule has 0 spiro atoms. The summed E-state index contributed by atoms with van der Waals surface area (Å²) in [5, 5.41) is 9.17. The van der Waals surface area contributed by atoms with E-state index in [2.05, 4.69) is 29.5 Å². The van der Waals surface area contributed by atoms with E-state index in [0.29, 0.717) is 5.92 Å². The molecular weight excluding hydrogens is 186 g/mol. The van der Waals surface area contributed by atoms with Crippen LogP contribution < -0.4 is 0 Å². The molecule has 2 heterocycles. The van der Waals surface area contributed by atoms with Gasteiger partial charge in [0.15, 0.2) is 0 Å². The van der Waals surface area contributed by atoms with Crippen LogP contribution in [0.25, 0.3) is 0 Å². The standard InChI is InChI=1S/C12H17N3/c1-9(2)7-10-11(8-13)15-6-4-3-5-12(15)14-10/h9H,3-7H2,1-2H3. The van der Waals surface area contributed by atoms with Gasteiger partial charge in [0.2, 0.25) is 0 Å². The van der Waals surface area contributed by atoms with Crippen molar-refractivity contribution < 1.29 is 0 Å². The number of aryl methyl sites for hydroxylation is 1. The van der Waals surface area contributed by atoms with Crippen molar-refractivity contribution >= 4 is 0 Å². The fraction of sp³-hybridized carbons (Fsp3) is 0.667. The van der Waals surface area contributed by atoms with Gasteiger partial charge < -0.3 is 4.57 Å². The number of nitrogens with zero attached hydrogens (tertiary/aromatic N) is 3. The maximum atomic E-state index is 9.17. The Kier molecular flexibility index (Phi) is 2.77. The van der Waals surface area contributed by atoms with Crippen LogP contribution in [0.1, 0.15) is 43.9 Å². The van der Waals surface area contributed by atoms with Crippen LogP contribution in [0.3, 0.4) is 0 Å². The Morgan fingerprint density at radius 3 is 2.93 bits per heavy atom. The molecule has 0 saturated carbocycles. The number of nitriles is 1. The third kappa shape index (κ3) is 1.90. The first kappa shape index (κ1) is 10.2. The predicted molar refractivity (Wildman–Crippen MR) is 58.4 cm³/mol. The summed E-state index contributed by atoms with van der Waals surface area (Å²) < 4.78 is 2.11. The van der Waals surface area contributed by atoms with Gasteiger partial charge in [0.1, 0.15) is 17.6 Å². The normalized spacial score (nSPS) is 15.1. The Balaban J connectivity index is 2.38. The van der Waals surface area contributed by atoms with Crippen LogP contribution in [-0.4, -0.2) is 9.55 Å². The zero-order valence-corrected chi connectivity index (χ0v) is 9.45. The van der Waals surface area contributed by atoms with E-state index in [9.17, 15) is 0 Å². The Labute approximate surface area is 90.7 Å². The Hall–Kier alpha value is -1.30. The summed E-state index contributed by atoms with van der Waals surface area (Å²) >= 11 is 0. The minimum absolute atomic E-state index is 0.564. The molecule has 15 heavy (non-hydrogen) atoms. The van der Waals surface area contributed by atoms with Gasteiger partial charge in [-0.25, -0.2) is 4.98 Å². The van der Waals surface area contributed by atoms with Gasteiger partial charge in [-0.3, -0.25) is 0 Å². The highest BCUT2D eigenvalue weighted by Gasteiger charge is 2.19. The molecule has 3 nitrogen and oxygen atoms in total. The molecule has 0 fully saturated rings. The van der Waals surface area contributed by atoms with Gasteiger partial charge in [-0.2, -0.15) is 5.26 Å². The molecule has 80 valence electrons. The third-order valence-corrected chi connectivity index (χ3v) is 2.86. The minimum atomic E-state index is 0.564. The average molecular weight is 203 g/mol. The molecule has 0 amide bonds. The topological polar surface area (TPSA) is 41.6 Å². The lowest BCUT2D eigenvalue weighted by Gasteiger charge is -2.13. The summed E-state index contributed by atoms with van der Waals surface area (Å²) in [5.74, 6) is 1.68. The summed E-state index contributed by atoms with van der Waals surface area (Å²) in [6, 6.07) is 2.31. The van der Waals surface area contributed by atoms with Crippen molar-refractivity contribution in [2.24, 2.45) is 5.92 Å². The number of rotatable bonds is 2. The summed E-state index contributed by atoms with van der Waals surface area (Å²) in [6.45, 7) is 5.31. The maximum absolute atomic E-state index is 9.17. The van der Waals surface area contributed by atoms with Crippen molar-refractivity contribution in [2.75, 3.05) is 0 Å². The van der Waals surface area contributed by atoms with E-state index in [1.807, 2.05) is 0 Å². The highest BCUT2D eigenvalue weighted by molar-refractivity contribution is 5.30. The molecule has 0 aromatic carbocycles. The maximum Gasteiger partial charge on any atom is 0.143 e. The first-order valence-corrected chi connectivity index (χ1v) is 5.70. The fourth-order valence-corrected chi connectivity index (χ4v) is 2.19. The summed E-state index contributed by atoms with van der Waals surface area (Å²) in [7, 11) is 0. The van der Waals surface area contributed by atoms with Crippen molar-refractivity contribution in [3.63, 3.8) is 0 Å². The zero-order valence-electron chi connectivity index (χ0n) is 9.45. The quantitative estimate of drug-likeness (QED) is 0.740. The first-order valence-electron chi connectivity index (χ1n) is 5.70.